The second kappa shape index (κ2) is 5.72. The van der Waals surface area contributed by atoms with Crippen molar-refractivity contribution in [3.05, 3.63) is 21.6 Å². The first-order valence-electron chi connectivity index (χ1n) is 4.79. The molecule has 1 N–H and O–H groups in total. The summed E-state index contributed by atoms with van der Waals surface area (Å²) in [6.45, 7) is 0. The minimum atomic E-state index is -6.00. The molecule has 0 spiro atoms. The summed E-state index contributed by atoms with van der Waals surface area (Å²) in [4.78, 5) is 11.1. The van der Waals surface area contributed by atoms with Gasteiger partial charge in [-0.1, -0.05) is 11.6 Å². The summed E-state index contributed by atoms with van der Waals surface area (Å²) in [5.41, 5.74) is -0.416. The summed E-state index contributed by atoms with van der Waals surface area (Å²) in [7, 11) is 1.14. The van der Waals surface area contributed by atoms with Gasteiger partial charge in [0, 0.05) is 5.02 Å². The Morgan fingerprint density at radius 1 is 1.30 bits per heavy atom. The number of carbonyl (C=O) groups excluding carboxylic acids is 1. The van der Waals surface area contributed by atoms with Crippen LogP contribution in [0.15, 0.2) is 16.6 Å². The van der Waals surface area contributed by atoms with E-state index in [4.69, 9.17) is 16.3 Å². The summed E-state index contributed by atoms with van der Waals surface area (Å²) < 4.78 is 66.8. The van der Waals surface area contributed by atoms with Gasteiger partial charge < -0.3 is 10.1 Å². The molecule has 0 unspecified atom stereocenters. The molecule has 1 aromatic carbocycles. The van der Waals surface area contributed by atoms with Crippen LogP contribution in [-0.4, -0.2) is 25.1 Å². The fourth-order valence-corrected chi connectivity index (χ4v) is 2.16. The lowest BCUT2D eigenvalue weighted by Crippen LogP contribution is -2.47. The number of ether oxygens (including phenoxy) is 1. The fraction of sp³-hybridized carbons (Fsp3) is 0.300. The monoisotopic (exact) mass is 381 g/mol. The van der Waals surface area contributed by atoms with Crippen molar-refractivity contribution < 1.29 is 31.5 Å². The minimum Gasteiger partial charge on any atom is -0.493 e. The number of hydrogen-bond acceptors (Lipinski definition) is 2. The van der Waals surface area contributed by atoms with Crippen molar-refractivity contribution in [2.75, 3.05) is 12.4 Å². The van der Waals surface area contributed by atoms with E-state index in [1.54, 1.807) is 0 Å². The Labute approximate surface area is 123 Å². The molecule has 0 aliphatic rings. The van der Waals surface area contributed by atoms with Gasteiger partial charge in [-0.2, -0.15) is 22.0 Å². The zero-order valence-corrected chi connectivity index (χ0v) is 12.0. The largest absolute Gasteiger partial charge is 0.493 e. The van der Waals surface area contributed by atoms with E-state index in [9.17, 15) is 26.7 Å². The van der Waals surface area contributed by atoms with Crippen LogP contribution in [-0.2, 0) is 4.79 Å². The number of methoxy groups -OCH3 is 1. The highest BCUT2D eigenvalue weighted by atomic mass is 79.9. The number of benzene rings is 1. The highest BCUT2D eigenvalue weighted by Crippen LogP contribution is 2.39. The Balaban J connectivity index is 3.14. The van der Waals surface area contributed by atoms with Crippen molar-refractivity contribution in [3.8, 4) is 5.75 Å². The summed E-state index contributed by atoms with van der Waals surface area (Å²) in [5, 5.41) is 1.44. The van der Waals surface area contributed by atoms with Gasteiger partial charge in [0.2, 0.25) is 0 Å². The number of carbonyl (C=O) groups is 1. The lowest BCUT2D eigenvalue weighted by Gasteiger charge is -2.20. The van der Waals surface area contributed by atoms with Crippen LogP contribution in [0.25, 0.3) is 0 Å². The van der Waals surface area contributed by atoms with Crippen molar-refractivity contribution in [2.45, 2.75) is 12.1 Å². The molecule has 0 saturated heterocycles. The van der Waals surface area contributed by atoms with Gasteiger partial charge in [-0.05, 0) is 28.1 Å². The molecule has 0 aromatic heterocycles. The van der Waals surface area contributed by atoms with Gasteiger partial charge in [0.25, 0.3) is 0 Å². The van der Waals surface area contributed by atoms with Crippen molar-refractivity contribution in [1.29, 1.82) is 0 Å². The number of amides is 1. The van der Waals surface area contributed by atoms with E-state index in [0.717, 1.165) is 13.2 Å². The van der Waals surface area contributed by atoms with Crippen LogP contribution in [0.3, 0.4) is 0 Å². The molecule has 1 aromatic rings. The van der Waals surface area contributed by atoms with Crippen LogP contribution >= 0.6 is 27.5 Å². The SMILES string of the molecule is COc1c(Br)cc(Cl)cc1NC(=O)C(F)(F)C(F)(F)F. The number of nitrogens with one attached hydrogen (secondary N) is 1. The molecule has 0 aliphatic carbocycles. The quantitative estimate of drug-likeness (QED) is 0.794. The van der Waals surface area contributed by atoms with Crippen LogP contribution < -0.4 is 10.1 Å². The number of alkyl halides is 5. The molecular weight excluding hydrogens is 376 g/mol. The second-order valence-electron chi connectivity index (χ2n) is 3.49. The second-order valence-corrected chi connectivity index (χ2v) is 4.79. The van der Waals surface area contributed by atoms with E-state index in [0.29, 0.717) is 0 Å². The first-order valence-corrected chi connectivity index (χ1v) is 5.97. The van der Waals surface area contributed by atoms with E-state index < -0.39 is 23.7 Å². The molecule has 0 heterocycles. The molecule has 1 amide bonds. The van der Waals surface area contributed by atoms with Gasteiger partial charge >= 0.3 is 18.0 Å². The van der Waals surface area contributed by atoms with Crippen LogP contribution in [0, 0.1) is 0 Å². The average Bonchev–Trinajstić information content (AvgIpc) is 2.26. The van der Waals surface area contributed by atoms with Gasteiger partial charge in [-0.3, -0.25) is 4.79 Å². The van der Waals surface area contributed by atoms with Crippen LogP contribution in [0.1, 0.15) is 0 Å². The van der Waals surface area contributed by atoms with Crippen molar-refractivity contribution in [2.24, 2.45) is 0 Å². The number of hydrogen-bond donors (Lipinski definition) is 1. The Morgan fingerprint density at radius 2 is 1.85 bits per heavy atom. The molecule has 10 heteroatoms. The maximum atomic E-state index is 12.8. The third kappa shape index (κ3) is 3.32. The van der Waals surface area contributed by atoms with Gasteiger partial charge in [0.05, 0.1) is 17.3 Å². The molecule has 112 valence electrons. The van der Waals surface area contributed by atoms with E-state index in [-0.39, 0.29) is 15.2 Å². The maximum Gasteiger partial charge on any atom is 0.463 e. The third-order valence-electron chi connectivity index (χ3n) is 2.10. The lowest BCUT2D eigenvalue weighted by atomic mass is 10.2. The first kappa shape index (κ1) is 17.0. The zero-order chi connectivity index (χ0) is 15.7. The normalized spacial score (nSPS) is 12.2. The third-order valence-corrected chi connectivity index (χ3v) is 2.91. The summed E-state index contributed by atoms with van der Waals surface area (Å²) in [6.07, 6.45) is -6.00. The number of halogens is 7. The molecule has 1 rings (SSSR count). The Bertz CT molecular complexity index is 535. The molecule has 3 nitrogen and oxygen atoms in total. The van der Waals surface area contributed by atoms with Crippen LogP contribution in [0.2, 0.25) is 5.02 Å². The summed E-state index contributed by atoms with van der Waals surface area (Å²) in [6, 6.07) is 2.30. The predicted molar refractivity (Wildman–Crippen MR) is 65.3 cm³/mol. The smallest absolute Gasteiger partial charge is 0.463 e. The lowest BCUT2D eigenvalue weighted by molar-refractivity contribution is -0.267. The fourth-order valence-electron chi connectivity index (χ4n) is 1.19. The van der Waals surface area contributed by atoms with Gasteiger partial charge in [-0.25, -0.2) is 0 Å². The molecule has 0 aliphatic heterocycles. The van der Waals surface area contributed by atoms with Crippen LogP contribution in [0.4, 0.5) is 27.6 Å². The maximum absolute atomic E-state index is 12.8. The van der Waals surface area contributed by atoms with Crippen LogP contribution in [0.5, 0.6) is 5.75 Å². The van der Waals surface area contributed by atoms with E-state index in [1.807, 2.05) is 0 Å². The Kier molecular flexibility index (Phi) is 4.86. The average molecular weight is 383 g/mol. The van der Waals surface area contributed by atoms with Gasteiger partial charge in [0.15, 0.2) is 5.75 Å². The molecule has 0 saturated carbocycles. The topological polar surface area (TPSA) is 38.3 Å². The van der Waals surface area contributed by atoms with Crippen molar-refractivity contribution in [1.82, 2.24) is 0 Å². The minimum absolute atomic E-state index is 0.00306. The van der Waals surface area contributed by atoms with Crippen molar-refractivity contribution >= 4 is 39.1 Å². The first-order chi connectivity index (χ1) is 9.00. The van der Waals surface area contributed by atoms with Gasteiger partial charge in [-0.15, -0.1) is 0 Å². The molecule has 0 radical (unpaired) electrons. The van der Waals surface area contributed by atoms with Crippen molar-refractivity contribution in [3.63, 3.8) is 0 Å². The Hall–Kier alpha value is -1.09. The zero-order valence-electron chi connectivity index (χ0n) is 9.62. The molecule has 0 fully saturated rings. The predicted octanol–water partition coefficient (Wildman–Crippen LogP) is 4.25. The Morgan fingerprint density at radius 3 is 2.30 bits per heavy atom. The highest BCUT2D eigenvalue weighted by molar-refractivity contribution is 9.10. The summed E-state index contributed by atoms with van der Waals surface area (Å²) in [5.74, 6) is -8.20. The highest BCUT2D eigenvalue weighted by Gasteiger charge is 2.63. The summed E-state index contributed by atoms with van der Waals surface area (Å²) >= 11 is 8.59. The molecule has 0 bridgehead atoms. The number of anilines is 1. The van der Waals surface area contributed by atoms with E-state index in [2.05, 4.69) is 15.9 Å². The molecule has 20 heavy (non-hydrogen) atoms. The van der Waals surface area contributed by atoms with E-state index >= 15 is 0 Å². The van der Waals surface area contributed by atoms with Gasteiger partial charge in [0.1, 0.15) is 0 Å². The van der Waals surface area contributed by atoms with E-state index in [1.165, 1.54) is 11.4 Å². The molecular formula is C10H6BrClF5NO2. The standard InChI is InChI=1S/C10H6BrClF5NO2/c1-20-7-5(11)2-4(12)3-6(7)18-8(19)9(13,14)10(15,16)17/h2-3H,1H3,(H,18,19). The molecule has 0 atom stereocenters. The number of rotatable bonds is 3.